The maximum Gasteiger partial charge on any atom is 0.246 e. The number of amides is 1. The van der Waals surface area contributed by atoms with Gasteiger partial charge < -0.3 is 24.1 Å². The number of benzene rings is 2. The molecule has 0 aliphatic heterocycles. The number of hydrogen-bond donors (Lipinski definition) is 1. The summed E-state index contributed by atoms with van der Waals surface area (Å²) in [6, 6.07) is 15.4. The molecule has 1 N–H and O–H groups in total. The Labute approximate surface area is 177 Å². The van der Waals surface area contributed by atoms with Crippen molar-refractivity contribution in [3.63, 3.8) is 0 Å². The molecule has 1 unspecified atom stereocenters. The van der Waals surface area contributed by atoms with Crippen molar-refractivity contribution in [2.24, 2.45) is 0 Å². The van der Waals surface area contributed by atoms with E-state index in [9.17, 15) is 4.79 Å². The van der Waals surface area contributed by atoms with E-state index in [1.807, 2.05) is 49.4 Å². The third kappa shape index (κ3) is 5.51. The number of unbranched alkanes of at least 4 members (excludes halogenated alkanes) is 1. The topological polar surface area (TPSA) is 74.6 Å². The molecule has 30 heavy (non-hydrogen) atoms. The van der Waals surface area contributed by atoms with Gasteiger partial charge in [0.25, 0.3) is 0 Å². The monoisotopic (exact) mass is 411 g/mol. The number of carbonyl (C=O) groups is 1. The van der Waals surface area contributed by atoms with Gasteiger partial charge in [0.15, 0.2) is 0 Å². The zero-order valence-electron chi connectivity index (χ0n) is 17.8. The summed E-state index contributed by atoms with van der Waals surface area (Å²) < 4.78 is 18.1. The molecular weight excluding hydrogens is 382 g/mol. The Hall–Kier alpha value is -3.06. The molecule has 0 bridgehead atoms. The number of methoxy groups -OCH3 is 2. The van der Waals surface area contributed by atoms with E-state index in [2.05, 4.69) is 16.0 Å². The molecule has 7 heteroatoms. The van der Waals surface area contributed by atoms with Crippen LogP contribution in [0.3, 0.4) is 0 Å². The highest BCUT2D eigenvalue weighted by atomic mass is 16.5. The van der Waals surface area contributed by atoms with Gasteiger partial charge in [-0.05, 0) is 44.0 Å². The number of fused-ring (bicyclic) bond motifs is 1. The maximum atomic E-state index is 11.9. The molecular formula is C23H29N3O4. The molecule has 0 aliphatic carbocycles. The molecule has 160 valence electrons. The lowest BCUT2D eigenvalue weighted by Gasteiger charge is -2.16. The summed E-state index contributed by atoms with van der Waals surface area (Å²) in [4.78, 5) is 16.7. The van der Waals surface area contributed by atoms with Crippen LogP contribution in [0, 0.1) is 0 Å². The molecule has 0 saturated carbocycles. The first-order chi connectivity index (χ1) is 14.6. The Balaban J connectivity index is 1.62. The highest BCUT2D eigenvalue weighted by Crippen LogP contribution is 2.22. The largest absolute Gasteiger partial charge is 0.497 e. The number of nitrogens with one attached hydrogen (secondary N) is 1. The summed E-state index contributed by atoms with van der Waals surface area (Å²) in [5.74, 6) is 2.27. The van der Waals surface area contributed by atoms with Crippen molar-refractivity contribution in [3.8, 4) is 11.5 Å². The second-order valence-electron chi connectivity index (χ2n) is 7.07. The number of rotatable bonds is 11. The standard InChI is InChI=1S/C23H29N3O4/c1-17(24-22(27)16-28-2)23-25-20-11-4-5-12-21(20)26(23)13-6-7-14-30-19-10-8-9-18(15-19)29-3/h4-5,8-12,15,17H,6-7,13-14,16H2,1-3H3,(H,24,27). The average molecular weight is 412 g/mol. The molecule has 0 radical (unpaired) electrons. The van der Waals surface area contributed by atoms with Gasteiger partial charge in [-0.15, -0.1) is 0 Å². The summed E-state index contributed by atoms with van der Waals surface area (Å²) in [6.07, 6.45) is 1.82. The Morgan fingerprint density at radius 3 is 2.70 bits per heavy atom. The summed E-state index contributed by atoms with van der Waals surface area (Å²) in [7, 11) is 3.15. The summed E-state index contributed by atoms with van der Waals surface area (Å²) in [5, 5.41) is 2.95. The van der Waals surface area contributed by atoms with E-state index >= 15 is 0 Å². The van der Waals surface area contributed by atoms with Crippen LogP contribution >= 0.6 is 0 Å². The molecule has 3 rings (SSSR count). The van der Waals surface area contributed by atoms with Crippen LogP contribution in [0.25, 0.3) is 11.0 Å². The average Bonchev–Trinajstić information content (AvgIpc) is 3.12. The molecule has 1 aromatic heterocycles. The van der Waals surface area contributed by atoms with Gasteiger partial charge in [-0.25, -0.2) is 4.98 Å². The Morgan fingerprint density at radius 1 is 1.10 bits per heavy atom. The van der Waals surface area contributed by atoms with Crippen LogP contribution in [-0.2, 0) is 16.1 Å². The predicted octanol–water partition coefficient (Wildman–Crippen LogP) is 3.73. The molecule has 3 aromatic rings. The number of nitrogens with zero attached hydrogens (tertiary/aromatic N) is 2. The van der Waals surface area contributed by atoms with Crippen LogP contribution in [0.1, 0.15) is 31.6 Å². The van der Waals surface area contributed by atoms with E-state index in [1.165, 1.54) is 7.11 Å². The van der Waals surface area contributed by atoms with Crippen LogP contribution in [0.5, 0.6) is 11.5 Å². The van der Waals surface area contributed by atoms with Crippen molar-refractivity contribution in [2.75, 3.05) is 27.4 Å². The van der Waals surface area contributed by atoms with Gasteiger partial charge in [0.2, 0.25) is 5.91 Å². The van der Waals surface area contributed by atoms with Crippen molar-refractivity contribution < 1.29 is 19.0 Å². The first-order valence-electron chi connectivity index (χ1n) is 10.1. The molecule has 1 heterocycles. The first-order valence-corrected chi connectivity index (χ1v) is 10.1. The second kappa shape index (κ2) is 10.6. The van der Waals surface area contributed by atoms with Gasteiger partial charge in [0.1, 0.15) is 23.9 Å². The normalized spacial score (nSPS) is 12.0. The van der Waals surface area contributed by atoms with Gasteiger partial charge in [-0.3, -0.25) is 4.79 Å². The number of aryl methyl sites for hydroxylation is 1. The van der Waals surface area contributed by atoms with Crippen LogP contribution in [0.15, 0.2) is 48.5 Å². The highest BCUT2D eigenvalue weighted by Gasteiger charge is 2.18. The van der Waals surface area contributed by atoms with Crippen LogP contribution in [-0.4, -0.2) is 42.9 Å². The van der Waals surface area contributed by atoms with Crippen molar-refractivity contribution in [3.05, 3.63) is 54.4 Å². The lowest BCUT2D eigenvalue weighted by Crippen LogP contribution is -2.31. The van der Waals surface area contributed by atoms with Crippen molar-refractivity contribution >= 4 is 16.9 Å². The zero-order chi connectivity index (χ0) is 21.3. The first kappa shape index (κ1) is 21.6. The fraction of sp³-hybridized carbons (Fsp3) is 0.391. The summed E-state index contributed by atoms with van der Waals surface area (Å²) in [6.45, 7) is 3.39. The number of hydrogen-bond acceptors (Lipinski definition) is 5. The van der Waals surface area contributed by atoms with Crippen molar-refractivity contribution in [1.29, 1.82) is 0 Å². The molecule has 1 atom stereocenters. The van der Waals surface area contributed by atoms with Gasteiger partial charge in [-0.1, -0.05) is 18.2 Å². The van der Waals surface area contributed by atoms with Gasteiger partial charge in [0.05, 0.1) is 30.8 Å². The molecule has 0 spiro atoms. The van der Waals surface area contributed by atoms with Crippen LogP contribution < -0.4 is 14.8 Å². The number of ether oxygens (including phenoxy) is 3. The molecule has 0 fully saturated rings. The molecule has 7 nitrogen and oxygen atoms in total. The van der Waals surface area contributed by atoms with Crippen molar-refractivity contribution in [2.45, 2.75) is 32.4 Å². The summed E-state index contributed by atoms with van der Waals surface area (Å²) >= 11 is 0. The maximum absolute atomic E-state index is 11.9. The number of carbonyl (C=O) groups excluding carboxylic acids is 1. The van der Waals surface area contributed by atoms with Crippen LogP contribution in [0.2, 0.25) is 0 Å². The number of para-hydroxylation sites is 2. The summed E-state index contributed by atoms with van der Waals surface area (Å²) in [5.41, 5.74) is 1.99. The van der Waals surface area contributed by atoms with Gasteiger partial charge >= 0.3 is 0 Å². The minimum absolute atomic E-state index is 0.0339. The highest BCUT2D eigenvalue weighted by molar-refractivity contribution is 5.78. The van der Waals surface area contributed by atoms with Gasteiger partial charge in [0, 0.05) is 19.7 Å². The lowest BCUT2D eigenvalue weighted by molar-refractivity contribution is -0.125. The minimum atomic E-state index is -0.215. The third-order valence-electron chi connectivity index (χ3n) is 4.81. The number of aromatic nitrogens is 2. The smallest absolute Gasteiger partial charge is 0.246 e. The molecule has 1 amide bonds. The van der Waals surface area contributed by atoms with Crippen molar-refractivity contribution in [1.82, 2.24) is 14.9 Å². The Bertz CT molecular complexity index is 970. The lowest BCUT2D eigenvalue weighted by atomic mass is 10.2. The molecule has 0 aliphatic rings. The van der Waals surface area contributed by atoms with E-state index in [-0.39, 0.29) is 18.6 Å². The van der Waals surface area contributed by atoms with E-state index < -0.39 is 0 Å². The third-order valence-corrected chi connectivity index (χ3v) is 4.81. The molecule has 0 saturated heterocycles. The van der Waals surface area contributed by atoms with Gasteiger partial charge in [-0.2, -0.15) is 0 Å². The van der Waals surface area contributed by atoms with E-state index in [0.717, 1.165) is 47.7 Å². The Kier molecular flexibility index (Phi) is 7.68. The minimum Gasteiger partial charge on any atom is -0.497 e. The fourth-order valence-corrected chi connectivity index (χ4v) is 3.39. The van der Waals surface area contributed by atoms with E-state index in [0.29, 0.717) is 6.61 Å². The Morgan fingerprint density at radius 2 is 1.90 bits per heavy atom. The fourth-order valence-electron chi connectivity index (χ4n) is 3.39. The number of imidazole rings is 1. The quantitative estimate of drug-likeness (QED) is 0.487. The second-order valence-corrected chi connectivity index (χ2v) is 7.07. The predicted molar refractivity (Wildman–Crippen MR) is 116 cm³/mol. The van der Waals surface area contributed by atoms with E-state index in [4.69, 9.17) is 19.2 Å². The van der Waals surface area contributed by atoms with E-state index in [1.54, 1.807) is 7.11 Å². The SMILES string of the molecule is COCC(=O)NC(C)c1nc2ccccc2n1CCCCOc1cccc(OC)c1. The van der Waals surface area contributed by atoms with Crippen LogP contribution in [0.4, 0.5) is 0 Å². The molecule has 2 aromatic carbocycles. The zero-order valence-corrected chi connectivity index (χ0v) is 17.8.